The van der Waals surface area contributed by atoms with Gasteiger partial charge in [-0.15, -0.1) is 11.8 Å². The van der Waals surface area contributed by atoms with E-state index in [4.69, 9.17) is 11.5 Å². The second kappa shape index (κ2) is 6.15. The summed E-state index contributed by atoms with van der Waals surface area (Å²) in [6, 6.07) is 7.39. The van der Waals surface area contributed by atoms with Crippen LogP contribution in [0.4, 0.5) is 0 Å². The van der Waals surface area contributed by atoms with E-state index in [1.165, 1.54) is 0 Å². The summed E-state index contributed by atoms with van der Waals surface area (Å²) in [5.41, 5.74) is 10.6. The first-order chi connectivity index (χ1) is 7.11. The zero-order valence-corrected chi connectivity index (χ0v) is 10.6. The van der Waals surface area contributed by atoms with Crippen LogP contribution in [-0.2, 0) is 4.79 Å². The van der Waals surface area contributed by atoms with Crippen molar-refractivity contribution in [2.24, 2.45) is 11.5 Å². The molecule has 3 nitrogen and oxygen atoms in total. The number of amides is 1. The van der Waals surface area contributed by atoms with Crippen molar-refractivity contribution in [1.29, 1.82) is 0 Å². The van der Waals surface area contributed by atoms with Crippen LogP contribution >= 0.6 is 27.7 Å². The lowest BCUT2D eigenvalue weighted by molar-refractivity contribution is -0.119. The summed E-state index contributed by atoms with van der Waals surface area (Å²) in [5, 5.41) is 0. The number of benzene rings is 1. The lowest BCUT2D eigenvalue weighted by atomic mass is 10.2. The number of thioether (sulfide) groups is 1. The molecule has 0 aromatic heterocycles. The van der Waals surface area contributed by atoms with E-state index < -0.39 is 11.9 Å². The molecule has 0 bridgehead atoms. The minimum absolute atomic E-state index is 0.442. The van der Waals surface area contributed by atoms with Crippen LogP contribution in [0, 0.1) is 0 Å². The van der Waals surface area contributed by atoms with E-state index in [0.717, 1.165) is 15.1 Å². The Hall–Kier alpha value is -0.520. The second-order valence-corrected chi connectivity index (χ2v) is 5.07. The van der Waals surface area contributed by atoms with E-state index in [2.05, 4.69) is 15.9 Å². The molecule has 0 saturated carbocycles. The normalized spacial score (nSPS) is 12.4. The van der Waals surface area contributed by atoms with Crippen LogP contribution in [0.3, 0.4) is 0 Å². The third-order valence-corrected chi connectivity index (χ3v) is 3.95. The predicted octanol–water partition coefficient (Wildman–Crippen LogP) is 1.74. The Morgan fingerprint density at radius 3 is 2.73 bits per heavy atom. The van der Waals surface area contributed by atoms with E-state index in [1.54, 1.807) is 11.8 Å². The Kier molecular flexibility index (Phi) is 5.14. The van der Waals surface area contributed by atoms with Gasteiger partial charge in [0.15, 0.2) is 0 Å². The maximum atomic E-state index is 10.7. The van der Waals surface area contributed by atoms with E-state index in [-0.39, 0.29) is 0 Å². The summed E-state index contributed by atoms with van der Waals surface area (Å²) in [6.45, 7) is 0. The van der Waals surface area contributed by atoms with E-state index >= 15 is 0 Å². The molecule has 0 heterocycles. The van der Waals surface area contributed by atoms with Crippen molar-refractivity contribution in [1.82, 2.24) is 0 Å². The van der Waals surface area contributed by atoms with Gasteiger partial charge in [0.25, 0.3) is 0 Å². The number of nitrogens with two attached hydrogens (primary N) is 2. The first-order valence-electron chi connectivity index (χ1n) is 4.53. The number of halogens is 1. The van der Waals surface area contributed by atoms with Crippen LogP contribution < -0.4 is 11.5 Å². The van der Waals surface area contributed by atoms with Crippen molar-refractivity contribution >= 4 is 33.6 Å². The van der Waals surface area contributed by atoms with Crippen molar-refractivity contribution in [2.45, 2.75) is 17.4 Å². The van der Waals surface area contributed by atoms with Crippen LogP contribution in [0.1, 0.15) is 6.42 Å². The minimum Gasteiger partial charge on any atom is -0.368 e. The fourth-order valence-corrected chi connectivity index (χ4v) is 2.60. The third kappa shape index (κ3) is 4.24. The minimum atomic E-state index is -0.542. The summed E-state index contributed by atoms with van der Waals surface area (Å²) in [6.07, 6.45) is 0.599. The Labute approximate surface area is 102 Å². The summed E-state index contributed by atoms with van der Waals surface area (Å²) >= 11 is 5.11. The number of carbonyl (C=O) groups excluding carboxylic acids is 1. The summed E-state index contributed by atoms with van der Waals surface area (Å²) in [7, 11) is 0. The molecule has 5 heteroatoms. The molecule has 0 radical (unpaired) electrons. The molecule has 0 spiro atoms. The van der Waals surface area contributed by atoms with E-state index in [0.29, 0.717) is 6.42 Å². The third-order valence-electron chi connectivity index (χ3n) is 1.89. The molecule has 1 amide bonds. The summed E-state index contributed by atoms with van der Waals surface area (Å²) in [4.78, 5) is 11.8. The van der Waals surface area contributed by atoms with Gasteiger partial charge in [-0.25, -0.2) is 0 Å². The molecule has 15 heavy (non-hydrogen) atoms. The Morgan fingerprint density at radius 2 is 2.13 bits per heavy atom. The quantitative estimate of drug-likeness (QED) is 0.811. The van der Waals surface area contributed by atoms with Gasteiger partial charge in [-0.1, -0.05) is 12.1 Å². The van der Waals surface area contributed by atoms with Crippen LogP contribution in [-0.4, -0.2) is 17.7 Å². The zero-order valence-electron chi connectivity index (χ0n) is 8.15. The van der Waals surface area contributed by atoms with Crippen molar-refractivity contribution in [2.75, 3.05) is 5.75 Å². The number of carbonyl (C=O) groups is 1. The largest absolute Gasteiger partial charge is 0.368 e. The molecule has 0 aliphatic rings. The van der Waals surface area contributed by atoms with Crippen LogP contribution in [0.2, 0.25) is 0 Å². The standard InChI is InChI=1S/C10H13BrN2OS/c11-7-3-1-2-4-9(7)15-6-5-8(12)10(13)14/h1-4,8H,5-6,12H2,(H2,13,14). The average Bonchev–Trinajstić information content (AvgIpc) is 2.20. The number of rotatable bonds is 5. The molecule has 4 N–H and O–H groups in total. The lowest BCUT2D eigenvalue weighted by Crippen LogP contribution is -2.36. The predicted molar refractivity (Wildman–Crippen MR) is 66.7 cm³/mol. The van der Waals surface area contributed by atoms with Crippen molar-refractivity contribution in [3.63, 3.8) is 0 Å². The SMILES string of the molecule is NC(=O)C(N)CCSc1ccccc1Br. The van der Waals surface area contributed by atoms with Crippen molar-refractivity contribution in [3.05, 3.63) is 28.7 Å². The maximum Gasteiger partial charge on any atom is 0.234 e. The number of primary amides is 1. The fourth-order valence-electron chi connectivity index (χ4n) is 1.000. The molecule has 0 fully saturated rings. The van der Waals surface area contributed by atoms with Gasteiger partial charge >= 0.3 is 0 Å². The Morgan fingerprint density at radius 1 is 1.47 bits per heavy atom. The fraction of sp³-hybridized carbons (Fsp3) is 0.300. The number of hydrogen-bond acceptors (Lipinski definition) is 3. The van der Waals surface area contributed by atoms with Gasteiger partial charge in [0.05, 0.1) is 6.04 Å². The highest BCUT2D eigenvalue weighted by atomic mass is 79.9. The van der Waals surface area contributed by atoms with Gasteiger partial charge in [0, 0.05) is 15.1 Å². The number of hydrogen-bond donors (Lipinski definition) is 2. The molecule has 1 rings (SSSR count). The summed E-state index contributed by atoms with van der Waals surface area (Å²) < 4.78 is 1.06. The van der Waals surface area contributed by atoms with Gasteiger partial charge in [-0.05, 0) is 34.5 Å². The van der Waals surface area contributed by atoms with E-state index in [9.17, 15) is 4.79 Å². The first kappa shape index (κ1) is 12.5. The molecule has 82 valence electrons. The monoisotopic (exact) mass is 288 g/mol. The molecule has 1 aromatic carbocycles. The van der Waals surface area contributed by atoms with Crippen LogP contribution in [0.15, 0.2) is 33.6 Å². The molecule has 0 aliphatic heterocycles. The van der Waals surface area contributed by atoms with Gasteiger partial charge in [0.1, 0.15) is 0 Å². The Balaban J connectivity index is 2.38. The molecule has 1 atom stereocenters. The highest BCUT2D eigenvalue weighted by molar-refractivity contribution is 9.10. The molecule has 0 aliphatic carbocycles. The van der Waals surface area contributed by atoms with Gasteiger partial charge < -0.3 is 11.5 Å². The highest BCUT2D eigenvalue weighted by Crippen LogP contribution is 2.27. The van der Waals surface area contributed by atoms with Crippen molar-refractivity contribution < 1.29 is 4.79 Å². The van der Waals surface area contributed by atoms with Crippen molar-refractivity contribution in [3.8, 4) is 0 Å². The maximum absolute atomic E-state index is 10.7. The van der Waals surface area contributed by atoms with Crippen LogP contribution in [0.5, 0.6) is 0 Å². The van der Waals surface area contributed by atoms with E-state index in [1.807, 2.05) is 24.3 Å². The Bertz CT molecular complexity index is 346. The first-order valence-corrected chi connectivity index (χ1v) is 6.31. The van der Waals surface area contributed by atoms with Gasteiger partial charge in [0.2, 0.25) is 5.91 Å². The van der Waals surface area contributed by atoms with Gasteiger partial charge in [-0.2, -0.15) is 0 Å². The second-order valence-electron chi connectivity index (χ2n) is 3.08. The topological polar surface area (TPSA) is 69.1 Å². The molecule has 1 aromatic rings. The average molecular weight is 289 g/mol. The zero-order chi connectivity index (χ0) is 11.3. The smallest absolute Gasteiger partial charge is 0.234 e. The molecular formula is C10H13BrN2OS. The molecule has 1 unspecified atom stereocenters. The lowest BCUT2D eigenvalue weighted by Gasteiger charge is -2.07. The molecule has 0 saturated heterocycles. The van der Waals surface area contributed by atoms with Crippen LogP contribution in [0.25, 0.3) is 0 Å². The summed E-state index contributed by atoms with van der Waals surface area (Å²) in [5.74, 6) is 0.343. The molecular weight excluding hydrogens is 276 g/mol. The van der Waals surface area contributed by atoms with Gasteiger partial charge in [-0.3, -0.25) is 4.79 Å². The highest BCUT2D eigenvalue weighted by Gasteiger charge is 2.08.